The number of carboxylic acids is 1. The maximum Gasteiger partial charge on any atom is 0.407 e. The standard InChI is InChI=1S/C20H25NO6/c1-20(2,3)27-19(26)21-9-8-16(22)17(23)14-6-4-13-11-15(18(24)25)7-5-12(13)10-14/h4-7,10-11,16-17,22-23H,8-9H2,1-3H3,(H,21,26)(H,24,25). The van der Waals surface area contributed by atoms with Crippen molar-refractivity contribution in [2.75, 3.05) is 6.54 Å². The number of nitrogens with one attached hydrogen (secondary N) is 1. The zero-order valence-corrected chi connectivity index (χ0v) is 15.6. The van der Waals surface area contributed by atoms with E-state index < -0.39 is 29.9 Å². The second kappa shape index (κ2) is 8.37. The topological polar surface area (TPSA) is 116 Å². The molecule has 4 N–H and O–H groups in total. The van der Waals surface area contributed by atoms with E-state index >= 15 is 0 Å². The van der Waals surface area contributed by atoms with Crippen LogP contribution in [0.25, 0.3) is 10.8 Å². The molecule has 7 nitrogen and oxygen atoms in total. The van der Waals surface area contributed by atoms with E-state index in [1.54, 1.807) is 51.1 Å². The molecule has 2 aromatic carbocycles. The van der Waals surface area contributed by atoms with Crippen molar-refractivity contribution in [3.8, 4) is 0 Å². The van der Waals surface area contributed by atoms with E-state index in [0.29, 0.717) is 5.56 Å². The molecule has 2 rings (SSSR count). The molecule has 0 spiro atoms. The highest BCUT2D eigenvalue weighted by molar-refractivity contribution is 5.94. The first-order valence-corrected chi connectivity index (χ1v) is 8.67. The Morgan fingerprint density at radius 2 is 1.70 bits per heavy atom. The second-order valence-electron chi connectivity index (χ2n) is 7.36. The van der Waals surface area contributed by atoms with Gasteiger partial charge in [-0.3, -0.25) is 0 Å². The number of aliphatic hydroxyl groups is 2. The molecule has 0 saturated carbocycles. The number of hydrogen-bond acceptors (Lipinski definition) is 5. The Kier molecular flexibility index (Phi) is 6.41. The fraction of sp³-hybridized carbons (Fsp3) is 0.400. The van der Waals surface area contributed by atoms with Gasteiger partial charge in [0.05, 0.1) is 11.7 Å². The van der Waals surface area contributed by atoms with Gasteiger partial charge in [0.15, 0.2) is 0 Å². The van der Waals surface area contributed by atoms with E-state index in [1.165, 1.54) is 6.07 Å². The molecule has 2 aromatic rings. The van der Waals surface area contributed by atoms with Crippen LogP contribution in [0, 0.1) is 0 Å². The highest BCUT2D eigenvalue weighted by atomic mass is 16.6. The summed E-state index contributed by atoms with van der Waals surface area (Å²) in [7, 11) is 0. The molecule has 0 saturated heterocycles. The van der Waals surface area contributed by atoms with E-state index in [2.05, 4.69) is 5.32 Å². The van der Waals surface area contributed by atoms with Crippen molar-refractivity contribution < 1.29 is 29.6 Å². The molecule has 0 aliphatic rings. The minimum Gasteiger partial charge on any atom is -0.478 e. The smallest absolute Gasteiger partial charge is 0.407 e. The van der Waals surface area contributed by atoms with Crippen molar-refractivity contribution in [3.63, 3.8) is 0 Å². The molecule has 1 amide bonds. The number of ether oxygens (including phenoxy) is 1. The zero-order valence-electron chi connectivity index (χ0n) is 15.6. The maximum atomic E-state index is 11.6. The summed E-state index contributed by atoms with van der Waals surface area (Å²) in [6.07, 6.45) is -2.63. The third-order valence-electron chi connectivity index (χ3n) is 3.93. The quantitative estimate of drug-likeness (QED) is 0.617. The lowest BCUT2D eigenvalue weighted by molar-refractivity contribution is 0.0124. The lowest BCUT2D eigenvalue weighted by atomic mass is 9.98. The van der Waals surface area contributed by atoms with Gasteiger partial charge < -0.3 is 25.4 Å². The highest BCUT2D eigenvalue weighted by Crippen LogP contribution is 2.24. The summed E-state index contributed by atoms with van der Waals surface area (Å²) >= 11 is 0. The highest BCUT2D eigenvalue weighted by Gasteiger charge is 2.20. The molecule has 0 bridgehead atoms. The first-order valence-electron chi connectivity index (χ1n) is 8.67. The summed E-state index contributed by atoms with van der Waals surface area (Å²) in [5, 5.41) is 33.6. The Morgan fingerprint density at radius 1 is 1.07 bits per heavy atom. The predicted molar refractivity (Wildman–Crippen MR) is 101 cm³/mol. The number of carboxylic acid groups (broad SMARTS) is 1. The average Bonchev–Trinajstić information content (AvgIpc) is 2.58. The van der Waals surface area contributed by atoms with Crippen LogP contribution in [0.1, 0.15) is 49.2 Å². The van der Waals surface area contributed by atoms with E-state index in [4.69, 9.17) is 9.84 Å². The molecular weight excluding hydrogens is 350 g/mol. The van der Waals surface area contributed by atoms with Crippen molar-refractivity contribution in [3.05, 3.63) is 47.5 Å². The van der Waals surface area contributed by atoms with Gasteiger partial charge >= 0.3 is 12.1 Å². The van der Waals surface area contributed by atoms with E-state index in [1.807, 2.05) is 0 Å². The van der Waals surface area contributed by atoms with Crippen molar-refractivity contribution in [1.29, 1.82) is 0 Å². The van der Waals surface area contributed by atoms with Crippen LogP contribution in [0.2, 0.25) is 0 Å². The first-order chi connectivity index (χ1) is 12.6. The SMILES string of the molecule is CC(C)(C)OC(=O)NCCC(O)C(O)c1ccc2cc(C(=O)O)ccc2c1. The maximum absolute atomic E-state index is 11.6. The first kappa shape index (κ1) is 20.7. The Labute approximate surface area is 157 Å². The fourth-order valence-electron chi connectivity index (χ4n) is 2.60. The van der Waals surface area contributed by atoms with Gasteiger partial charge in [0.2, 0.25) is 0 Å². The van der Waals surface area contributed by atoms with Gasteiger partial charge in [0, 0.05) is 6.54 Å². The van der Waals surface area contributed by atoms with E-state index in [0.717, 1.165) is 10.8 Å². The molecule has 0 fully saturated rings. The lowest BCUT2D eigenvalue weighted by Crippen LogP contribution is -2.34. The van der Waals surface area contributed by atoms with Crippen molar-refractivity contribution in [2.45, 2.75) is 45.0 Å². The Hall–Kier alpha value is -2.64. The third-order valence-corrected chi connectivity index (χ3v) is 3.93. The van der Waals surface area contributed by atoms with E-state index in [9.17, 15) is 19.8 Å². The second-order valence-corrected chi connectivity index (χ2v) is 7.36. The van der Waals surface area contributed by atoms with Gasteiger partial charge in [-0.1, -0.05) is 18.2 Å². The van der Waals surface area contributed by atoms with Crippen molar-refractivity contribution >= 4 is 22.8 Å². The van der Waals surface area contributed by atoms with Crippen LogP contribution < -0.4 is 5.32 Å². The van der Waals surface area contributed by atoms with Gasteiger partial charge in [-0.05, 0) is 61.7 Å². The number of fused-ring (bicyclic) bond motifs is 1. The molecule has 2 unspecified atom stereocenters. The summed E-state index contributed by atoms with van der Waals surface area (Å²) in [5.41, 5.74) is 0.0905. The summed E-state index contributed by atoms with van der Waals surface area (Å²) in [6, 6.07) is 9.74. The van der Waals surface area contributed by atoms with Crippen LogP contribution >= 0.6 is 0 Å². The minimum atomic E-state index is -1.13. The summed E-state index contributed by atoms with van der Waals surface area (Å²) < 4.78 is 5.10. The van der Waals surface area contributed by atoms with Crippen LogP contribution in [0.3, 0.4) is 0 Å². The minimum absolute atomic E-state index is 0.149. The van der Waals surface area contributed by atoms with Crippen LogP contribution in [0.4, 0.5) is 4.79 Å². The Bertz CT molecular complexity index is 827. The molecular formula is C20H25NO6. The number of rotatable bonds is 6. The number of aliphatic hydroxyl groups excluding tert-OH is 2. The van der Waals surface area contributed by atoms with Gasteiger partial charge in [0.25, 0.3) is 0 Å². The molecule has 7 heteroatoms. The average molecular weight is 375 g/mol. The fourth-order valence-corrected chi connectivity index (χ4v) is 2.60. The molecule has 2 atom stereocenters. The molecule has 146 valence electrons. The molecule has 0 aromatic heterocycles. The Morgan fingerprint density at radius 3 is 2.33 bits per heavy atom. The number of amides is 1. The molecule has 27 heavy (non-hydrogen) atoms. The Balaban J connectivity index is 1.97. The zero-order chi connectivity index (χ0) is 20.2. The lowest BCUT2D eigenvalue weighted by Gasteiger charge is -2.21. The largest absolute Gasteiger partial charge is 0.478 e. The van der Waals surface area contributed by atoms with Gasteiger partial charge in [-0.25, -0.2) is 9.59 Å². The summed E-state index contributed by atoms with van der Waals surface area (Å²) in [4.78, 5) is 22.6. The monoisotopic (exact) mass is 375 g/mol. The van der Waals surface area contributed by atoms with Gasteiger partial charge in [-0.2, -0.15) is 0 Å². The van der Waals surface area contributed by atoms with E-state index in [-0.39, 0.29) is 18.5 Å². The molecule has 0 heterocycles. The number of carbonyl (C=O) groups is 2. The van der Waals surface area contributed by atoms with Gasteiger partial charge in [0.1, 0.15) is 11.7 Å². The molecule has 0 aliphatic carbocycles. The summed E-state index contributed by atoms with van der Waals surface area (Å²) in [6.45, 7) is 5.42. The molecule has 0 radical (unpaired) electrons. The van der Waals surface area contributed by atoms with Crippen LogP contribution in [-0.2, 0) is 4.74 Å². The number of alkyl carbamates (subject to hydrolysis) is 1. The molecule has 0 aliphatic heterocycles. The summed E-state index contributed by atoms with van der Waals surface area (Å²) in [5.74, 6) is -1.01. The number of carbonyl (C=O) groups excluding carboxylic acids is 1. The third kappa shape index (κ3) is 5.94. The predicted octanol–water partition coefficient (Wildman–Crippen LogP) is 2.85. The number of hydrogen-bond donors (Lipinski definition) is 4. The van der Waals surface area contributed by atoms with Crippen LogP contribution in [0.5, 0.6) is 0 Å². The number of aromatic carboxylic acids is 1. The van der Waals surface area contributed by atoms with Crippen LogP contribution in [0.15, 0.2) is 36.4 Å². The van der Waals surface area contributed by atoms with Gasteiger partial charge in [-0.15, -0.1) is 0 Å². The van der Waals surface area contributed by atoms with Crippen LogP contribution in [-0.4, -0.2) is 45.6 Å². The van der Waals surface area contributed by atoms with Crippen molar-refractivity contribution in [2.24, 2.45) is 0 Å². The normalized spacial score (nSPS) is 13.8. The van der Waals surface area contributed by atoms with Crippen molar-refractivity contribution in [1.82, 2.24) is 5.32 Å². The number of benzene rings is 2.